The third kappa shape index (κ3) is 4.96. The number of hydrogen-bond acceptors (Lipinski definition) is 6. The van der Waals surface area contributed by atoms with Gasteiger partial charge in [-0.3, -0.25) is 9.69 Å². The molecular formula is C34H39ClFN5O2. The Hall–Kier alpha value is -3.23. The molecule has 43 heavy (non-hydrogen) atoms. The quantitative estimate of drug-likeness (QED) is 0.313. The van der Waals surface area contributed by atoms with Crippen LogP contribution in [-0.2, 0) is 17.6 Å². The van der Waals surface area contributed by atoms with Crippen molar-refractivity contribution in [2.75, 3.05) is 44.2 Å². The first kappa shape index (κ1) is 28.5. The van der Waals surface area contributed by atoms with Crippen molar-refractivity contribution in [3.05, 3.63) is 58.9 Å². The first-order valence-corrected chi connectivity index (χ1v) is 16.1. The van der Waals surface area contributed by atoms with Crippen LogP contribution in [0.3, 0.4) is 0 Å². The Labute approximate surface area is 257 Å². The summed E-state index contributed by atoms with van der Waals surface area (Å²) in [4.78, 5) is 28.5. The van der Waals surface area contributed by atoms with Gasteiger partial charge < -0.3 is 14.5 Å². The van der Waals surface area contributed by atoms with E-state index in [1.807, 2.05) is 25.1 Å². The first-order valence-electron chi connectivity index (χ1n) is 15.8. The Morgan fingerprint density at radius 2 is 1.93 bits per heavy atom. The van der Waals surface area contributed by atoms with Gasteiger partial charge in [0.15, 0.2) is 5.82 Å². The molecule has 9 heteroatoms. The van der Waals surface area contributed by atoms with Crippen molar-refractivity contribution in [2.45, 2.75) is 69.9 Å². The molecule has 0 N–H and O–H groups in total. The number of ether oxygens (including phenoxy) is 1. The fourth-order valence-corrected chi connectivity index (χ4v) is 8.26. The number of rotatable bonds is 6. The van der Waals surface area contributed by atoms with Crippen LogP contribution in [0.2, 0.25) is 5.02 Å². The van der Waals surface area contributed by atoms with Crippen LogP contribution in [0.5, 0.6) is 6.01 Å². The number of benzene rings is 2. The largest absolute Gasteiger partial charge is 0.461 e. The Kier molecular flexibility index (Phi) is 7.54. The highest BCUT2D eigenvalue weighted by Crippen LogP contribution is 2.43. The van der Waals surface area contributed by atoms with Crippen molar-refractivity contribution < 1.29 is 13.9 Å². The average molecular weight is 604 g/mol. The van der Waals surface area contributed by atoms with E-state index in [4.69, 9.17) is 26.3 Å². The van der Waals surface area contributed by atoms with Gasteiger partial charge >= 0.3 is 6.01 Å². The first-order chi connectivity index (χ1) is 20.9. The summed E-state index contributed by atoms with van der Waals surface area (Å²) in [5.41, 5.74) is 3.92. The highest BCUT2D eigenvalue weighted by Gasteiger charge is 2.45. The van der Waals surface area contributed by atoms with E-state index in [0.29, 0.717) is 48.0 Å². The second-order valence-electron chi connectivity index (χ2n) is 12.7. The van der Waals surface area contributed by atoms with E-state index >= 15 is 4.39 Å². The molecule has 7 rings (SSSR count). The Balaban J connectivity index is 1.33. The lowest BCUT2D eigenvalue weighted by Gasteiger charge is -2.40. The third-order valence-electron chi connectivity index (χ3n) is 10.2. The van der Waals surface area contributed by atoms with Crippen LogP contribution in [0.25, 0.3) is 22.0 Å². The normalized spacial score (nSPS) is 21.6. The van der Waals surface area contributed by atoms with Gasteiger partial charge in [0.2, 0.25) is 5.91 Å². The van der Waals surface area contributed by atoms with Gasteiger partial charge in [0, 0.05) is 36.6 Å². The van der Waals surface area contributed by atoms with E-state index in [2.05, 4.69) is 22.4 Å². The maximum atomic E-state index is 16.9. The lowest BCUT2D eigenvalue weighted by molar-refractivity contribution is -0.126. The molecule has 226 valence electrons. The van der Waals surface area contributed by atoms with Crippen LogP contribution in [-0.4, -0.2) is 76.6 Å². The number of halogens is 2. The minimum absolute atomic E-state index is 0.00918. The third-order valence-corrected chi connectivity index (χ3v) is 10.5. The van der Waals surface area contributed by atoms with E-state index < -0.39 is 5.82 Å². The molecule has 0 unspecified atom stereocenters. The minimum atomic E-state index is -0.440. The van der Waals surface area contributed by atoms with Crippen LogP contribution in [0.15, 0.2) is 36.9 Å². The van der Waals surface area contributed by atoms with E-state index in [0.717, 1.165) is 70.0 Å². The minimum Gasteiger partial charge on any atom is -0.461 e. The molecule has 0 bridgehead atoms. The molecule has 1 atom stereocenters. The topological polar surface area (TPSA) is 61.8 Å². The van der Waals surface area contributed by atoms with Gasteiger partial charge in [0.1, 0.15) is 17.9 Å². The van der Waals surface area contributed by atoms with Crippen LogP contribution in [0.4, 0.5) is 10.2 Å². The molecular weight excluding hydrogens is 565 g/mol. The van der Waals surface area contributed by atoms with Crippen molar-refractivity contribution in [3.63, 3.8) is 0 Å². The zero-order valence-corrected chi connectivity index (χ0v) is 25.6. The molecule has 0 radical (unpaired) electrons. The summed E-state index contributed by atoms with van der Waals surface area (Å²) in [6, 6.07) is 8.06. The van der Waals surface area contributed by atoms with Crippen molar-refractivity contribution in [1.82, 2.24) is 19.8 Å². The van der Waals surface area contributed by atoms with Crippen LogP contribution in [0, 0.1) is 5.82 Å². The van der Waals surface area contributed by atoms with E-state index in [1.54, 1.807) is 4.90 Å². The van der Waals surface area contributed by atoms with Crippen LogP contribution < -0.4 is 9.64 Å². The number of nitrogens with zero attached hydrogens (tertiary/aromatic N) is 5. The fraction of sp³-hybridized carbons (Fsp3) is 0.500. The SMILES string of the molecule is C=CC(=O)N1CCN(c2nc(OCC34CCCN3CCC4)nc3c(F)c(-c4cccc5c4CCCC5)c(Cl)cc23)[C@@H](C)C1. The maximum absolute atomic E-state index is 16.9. The predicted octanol–water partition coefficient (Wildman–Crippen LogP) is 6.20. The molecule has 1 aliphatic carbocycles. The van der Waals surface area contributed by atoms with Gasteiger partial charge in [-0.1, -0.05) is 36.4 Å². The van der Waals surface area contributed by atoms with Gasteiger partial charge in [0.05, 0.1) is 10.6 Å². The second-order valence-corrected chi connectivity index (χ2v) is 13.1. The van der Waals surface area contributed by atoms with Crippen molar-refractivity contribution in [2.24, 2.45) is 0 Å². The molecule has 0 saturated carbocycles. The Morgan fingerprint density at radius 3 is 2.70 bits per heavy atom. The zero-order valence-electron chi connectivity index (χ0n) is 24.9. The molecule has 3 saturated heterocycles. The van der Waals surface area contributed by atoms with Crippen LogP contribution in [0.1, 0.15) is 56.6 Å². The van der Waals surface area contributed by atoms with Crippen LogP contribution >= 0.6 is 11.6 Å². The number of amides is 1. The summed E-state index contributed by atoms with van der Waals surface area (Å²) in [5, 5.41) is 0.905. The molecule has 3 aromatic rings. The lowest BCUT2D eigenvalue weighted by atomic mass is 9.85. The highest BCUT2D eigenvalue weighted by atomic mass is 35.5. The predicted molar refractivity (Wildman–Crippen MR) is 168 cm³/mol. The molecule has 1 amide bonds. The summed E-state index contributed by atoms with van der Waals surface area (Å²) in [5.74, 6) is 0.0578. The zero-order chi connectivity index (χ0) is 29.7. The molecule has 3 fully saturated rings. The van der Waals surface area contributed by atoms with E-state index in [1.165, 1.54) is 17.2 Å². The number of hydrogen-bond donors (Lipinski definition) is 0. The number of aryl methyl sites for hydroxylation is 1. The number of aromatic nitrogens is 2. The molecule has 0 spiro atoms. The second kappa shape index (κ2) is 11.4. The molecule has 7 nitrogen and oxygen atoms in total. The highest BCUT2D eigenvalue weighted by molar-refractivity contribution is 6.34. The molecule has 2 aromatic carbocycles. The summed E-state index contributed by atoms with van der Waals surface area (Å²) in [6.45, 7) is 9.93. The number of carbonyl (C=O) groups excluding carboxylic acids is 1. The molecule has 1 aromatic heterocycles. The summed E-state index contributed by atoms with van der Waals surface area (Å²) in [6.07, 6.45) is 10.00. The number of anilines is 1. The average Bonchev–Trinajstić information content (AvgIpc) is 3.60. The summed E-state index contributed by atoms with van der Waals surface area (Å²) in [7, 11) is 0. The molecule has 4 heterocycles. The van der Waals surface area contributed by atoms with E-state index in [9.17, 15) is 4.79 Å². The molecule has 4 aliphatic rings. The number of fused-ring (bicyclic) bond motifs is 3. The lowest BCUT2D eigenvalue weighted by Crippen LogP contribution is -2.53. The summed E-state index contributed by atoms with van der Waals surface area (Å²) < 4.78 is 23.3. The van der Waals surface area contributed by atoms with Crippen molar-refractivity contribution in [3.8, 4) is 17.1 Å². The Morgan fingerprint density at radius 1 is 1.14 bits per heavy atom. The van der Waals surface area contributed by atoms with Crippen molar-refractivity contribution >= 4 is 34.2 Å². The Bertz CT molecular complexity index is 1580. The monoisotopic (exact) mass is 603 g/mol. The number of carbonyl (C=O) groups is 1. The molecule has 3 aliphatic heterocycles. The summed E-state index contributed by atoms with van der Waals surface area (Å²) >= 11 is 6.95. The van der Waals surface area contributed by atoms with Gasteiger partial charge in [-0.05, 0) is 100 Å². The maximum Gasteiger partial charge on any atom is 0.319 e. The van der Waals surface area contributed by atoms with Gasteiger partial charge in [-0.15, -0.1) is 0 Å². The van der Waals surface area contributed by atoms with Gasteiger partial charge in [-0.2, -0.15) is 9.97 Å². The number of piperazine rings is 1. The standard InChI is InChI=1S/C34H39ClFN5O2/c1-3-28(42)39-17-18-41(22(2)20-39)32-26-19-27(35)29(25-12-6-10-23-9-4-5-11-24(23)25)30(36)31(26)37-33(38-32)43-21-34-13-7-15-40(34)16-8-14-34/h3,6,10,12,19,22H,1,4-5,7-9,11,13-18,20-21H2,2H3/t22-/m0/s1. The van der Waals surface area contributed by atoms with Crippen molar-refractivity contribution in [1.29, 1.82) is 0 Å². The fourth-order valence-electron chi connectivity index (χ4n) is 7.97. The van der Waals surface area contributed by atoms with E-state index in [-0.39, 0.29) is 29.0 Å². The smallest absolute Gasteiger partial charge is 0.319 e. The van der Waals surface area contributed by atoms with Gasteiger partial charge in [0.25, 0.3) is 0 Å². The van der Waals surface area contributed by atoms with Gasteiger partial charge in [-0.25, -0.2) is 4.39 Å².